The lowest BCUT2D eigenvalue weighted by atomic mass is 10.1. The summed E-state index contributed by atoms with van der Waals surface area (Å²) in [5, 5.41) is 0.609. The van der Waals surface area contributed by atoms with E-state index in [9.17, 15) is 4.79 Å². The van der Waals surface area contributed by atoms with Gasteiger partial charge in [-0.05, 0) is 36.2 Å². The van der Waals surface area contributed by atoms with E-state index < -0.39 is 0 Å². The molecule has 1 amide bonds. The van der Waals surface area contributed by atoms with Gasteiger partial charge >= 0.3 is 0 Å². The van der Waals surface area contributed by atoms with E-state index in [1.807, 2.05) is 31.3 Å². The van der Waals surface area contributed by atoms with Crippen molar-refractivity contribution in [2.24, 2.45) is 0 Å². The van der Waals surface area contributed by atoms with Crippen molar-refractivity contribution in [2.75, 3.05) is 26.7 Å². The van der Waals surface area contributed by atoms with Gasteiger partial charge in [-0.1, -0.05) is 23.5 Å². The van der Waals surface area contributed by atoms with Crippen molar-refractivity contribution in [3.8, 4) is 10.9 Å². The van der Waals surface area contributed by atoms with Gasteiger partial charge in [0.25, 0.3) is 5.19 Å². The number of hydrogen-bond donors (Lipinski definition) is 0. The highest BCUT2D eigenvalue weighted by molar-refractivity contribution is 7.20. The first kappa shape index (κ1) is 17.9. The number of fused-ring (bicyclic) bond motifs is 1. The van der Waals surface area contributed by atoms with Crippen LogP contribution in [0.4, 0.5) is 0 Å². The molecule has 0 N–H and O–H groups in total. The number of thiazole rings is 1. The van der Waals surface area contributed by atoms with E-state index in [-0.39, 0.29) is 5.91 Å². The Morgan fingerprint density at radius 2 is 2.15 bits per heavy atom. The zero-order valence-corrected chi connectivity index (χ0v) is 16.3. The van der Waals surface area contributed by atoms with Gasteiger partial charge in [-0.3, -0.25) is 9.69 Å². The second-order valence-electron chi connectivity index (χ2n) is 6.85. The van der Waals surface area contributed by atoms with Crippen molar-refractivity contribution >= 4 is 27.6 Å². The lowest BCUT2D eigenvalue weighted by Crippen LogP contribution is -2.29. The standard InChI is InChI=1S/C20H22N4O2S/c1-14(25)23(2)12-16-13-24(16)11-9-15-5-7-17(8-6-15)26-20-22-19-18(27-20)4-3-10-21-19/h3-8,10,16H,9,11-13H2,1-2H3/t16-,24?/m0/s1. The summed E-state index contributed by atoms with van der Waals surface area (Å²) in [6.45, 7) is 4.52. The van der Waals surface area contributed by atoms with Crippen LogP contribution >= 0.6 is 11.3 Å². The summed E-state index contributed by atoms with van der Waals surface area (Å²) < 4.78 is 6.88. The van der Waals surface area contributed by atoms with E-state index in [2.05, 4.69) is 27.0 Å². The van der Waals surface area contributed by atoms with Crippen molar-refractivity contribution < 1.29 is 9.53 Å². The van der Waals surface area contributed by atoms with Crippen LogP contribution in [-0.2, 0) is 11.2 Å². The Balaban J connectivity index is 1.27. The monoisotopic (exact) mass is 382 g/mol. The van der Waals surface area contributed by atoms with Gasteiger partial charge in [0, 0.05) is 45.8 Å². The van der Waals surface area contributed by atoms with Gasteiger partial charge in [0.15, 0.2) is 5.65 Å². The number of benzene rings is 1. The van der Waals surface area contributed by atoms with E-state index in [1.54, 1.807) is 18.0 Å². The van der Waals surface area contributed by atoms with Crippen LogP contribution in [-0.4, -0.2) is 58.4 Å². The smallest absolute Gasteiger partial charge is 0.281 e. The average Bonchev–Trinajstić information content (AvgIpc) is 3.27. The summed E-state index contributed by atoms with van der Waals surface area (Å²) in [4.78, 5) is 24.1. The Kier molecular flexibility index (Phi) is 5.05. The van der Waals surface area contributed by atoms with Crippen molar-refractivity contribution in [3.05, 3.63) is 48.2 Å². The molecule has 0 aliphatic carbocycles. The predicted octanol–water partition coefficient (Wildman–Crippen LogP) is 3.19. The molecule has 1 fully saturated rings. The van der Waals surface area contributed by atoms with Gasteiger partial charge < -0.3 is 9.64 Å². The number of carbonyl (C=O) groups is 1. The molecule has 6 nitrogen and oxygen atoms in total. The Morgan fingerprint density at radius 1 is 1.33 bits per heavy atom. The number of pyridine rings is 1. The zero-order chi connectivity index (χ0) is 18.8. The zero-order valence-electron chi connectivity index (χ0n) is 15.5. The lowest BCUT2D eigenvalue weighted by Gasteiger charge is -2.14. The SMILES string of the molecule is CC(=O)N(C)C[C@H]1CN1CCc1ccc(Oc2nc3ncccc3s2)cc1. The molecule has 1 saturated heterocycles. The Bertz CT molecular complexity index is 908. The molecule has 0 radical (unpaired) electrons. The van der Waals surface area contributed by atoms with Gasteiger partial charge in [-0.15, -0.1) is 0 Å². The van der Waals surface area contributed by atoms with Crippen LogP contribution in [0.15, 0.2) is 42.6 Å². The first-order valence-corrected chi connectivity index (χ1v) is 9.84. The highest BCUT2D eigenvalue weighted by atomic mass is 32.1. The van der Waals surface area contributed by atoms with E-state index in [0.29, 0.717) is 11.2 Å². The van der Waals surface area contributed by atoms with Crippen LogP contribution in [0.2, 0.25) is 0 Å². The van der Waals surface area contributed by atoms with Crippen LogP contribution in [0.1, 0.15) is 12.5 Å². The van der Waals surface area contributed by atoms with Crippen LogP contribution in [0.3, 0.4) is 0 Å². The van der Waals surface area contributed by atoms with Crippen LogP contribution in [0, 0.1) is 0 Å². The Hall–Kier alpha value is -2.51. The van der Waals surface area contributed by atoms with Gasteiger partial charge in [0.2, 0.25) is 5.91 Å². The van der Waals surface area contributed by atoms with Crippen LogP contribution in [0.25, 0.3) is 10.3 Å². The fourth-order valence-corrected chi connectivity index (χ4v) is 3.80. The fourth-order valence-electron chi connectivity index (χ4n) is 3.01. The molecule has 1 aliphatic heterocycles. The molecule has 4 rings (SSSR count). The van der Waals surface area contributed by atoms with E-state index in [4.69, 9.17) is 4.74 Å². The lowest BCUT2D eigenvalue weighted by molar-refractivity contribution is -0.127. The topological polar surface area (TPSA) is 58.3 Å². The summed E-state index contributed by atoms with van der Waals surface area (Å²) in [5.41, 5.74) is 2.00. The molecule has 3 heterocycles. The Labute approximate surface area is 162 Å². The maximum Gasteiger partial charge on any atom is 0.281 e. The molecule has 0 saturated carbocycles. The maximum absolute atomic E-state index is 11.3. The molecule has 0 bridgehead atoms. The third kappa shape index (κ3) is 4.43. The number of nitrogens with zero attached hydrogens (tertiary/aromatic N) is 4. The molecular formula is C20H22N4O2S. The van der Waals surface area contributed by atoms with Crippen molar-refractivity contribution in [3.63, 3.8) is 0 Å². The molecule has 140 valence electrons. The van der Waals surface area contributed by atoms with Gasteiger partial charge in [0.1, 0.15) is 5.75 Å². The van der Waals surface area contributed by atoms with Crippen molar-refractivity contribution in [1.29, 1.82) is 0 Å². The summed E-state index contributed by atoms with van der Waals surface area (Å²) in [6, 6.07) is 12.6. The number of ether oxygens (including phenoxy) is 1. The first-order valence-electron chi connectivity index (χ1n) is 9.02. The summed E-state index contributed by atoms with van der Waals surface area (Å²) in [6.07, 6.45) is 2.73. The molecule has 7 heteroatoms. The largest absolute Gasteiger partial charge is 0.431 e. The summed E-state index contributed by atoms with van der Waals surface area (Å²) in [5.74, 6) is 0.909. The summed E-state index contributed by atoms with van der Waals surface area (Å²) >= 11 is 1.50. The van der Waals surface area contributed by atoms with Gasteiger partial charge in [-0.25, -0.2) is 4.98 Å². The highest BCUT2D eigenvalue weighted by Crippen LogP contribution is 2.30. The first-order chi connectivity index (χ1) is 13.1. The highest BCUT2D eigenvalue weighted by Gasteiger charge is 2.34. The molecule has 0 spiro atoms. The molecule has 1 unspecified atom stereocenters. The third-order valence-corrected chi connectivity index (χ3v) is 5.70. The molecule has 1 aromatic carbocycles. The Morgan fingerprint density at radius 3 is 2.89 bits per heavy atom. The fraction of sp³-hybridized carbons (Fsp3) is 0.350. The molecule has 2 atom stereocenters. The second-order valence-corrected chi connectivity index (χ2v) is 7.84. The number of rotatable bonds is 7. The average molecular weight is 382 g/mol. The molecule has 2 aromatic heterocycles. The molecule has 27 heavy (non-hydrogen) atoms. The number of aromatic nitrogens is 2. The minimum Gasteiger partial charge on any atom is -0.431 e. The van der Waals surface area contributed by atoms with Crippen molar-refractivity contribution in [2.45, 2.75) is 19.4 Å². The number of carbonyl (C=O) groups excluding carboxylic acids is 1. The van der Waals surface area contributed by atoms with Gasteiger partial charge in [0.05, 0.1) is 4.70 Å². The van der Waals surface area contributed by atoms with Crippen molar-refractivity contribution in [1.82, 2.24) is 19.8 Å². The normalized spacial score (nSPS) is 18.4. The molecule has 3 aromatic rings. The van der Waals surface area contributed by atoms with E-state index in [1.165, 1.54) is 16.9 Å². The predicted molar refractivity (Wildman–Crippen MR) is 106 cm³/mol. The minimum atomic E-state index is 0.126. The van der Waals surface area contributed by atoms with E-state index >= 15 is 0 Å². The number of amides is 1. The number of likely N-dealkylation sites (N-methyl/N-ethyl adjacent to an activating group) is 1. The minimum absolute atomic E-state index is 0.126. The third-order valence-electron chi connectivity index (χ3n) is 4.81. The second kappa shape index (κ2) is 7.62. The number of hydrogen-bond acceptors (Lipinski definition) is 6. The maximum atomic E-state index is 11.3. The molecule has 1 aliphatic rings. The quantitative estimate of drug-likeness (QED) is 0.588. The van der Waals surface area contributed by atoms with E-state index in [0.717, 1.165) is 42.2 Å². The van der Waals surface area contributed by atoms with Crippen LogP contribution < -0.4 is 4.74 Å². The summed E-state index contributed by atoms with van der Waals surface area (Å²) in [7, 11) is 1.86. The molecular weight excluding hydrogens is 360 g/mol. The van der Waals surface area contributed by atoms with Gasteiger partial charge in [-0.2, -0.15) is 4.98 Å². The van der Waals surface area contributed by atoms with Crippen LogP contribution in [0.5, 0.6) is 10.9 Å².